The van der Waals surface area contributed by atoms with Crippen molar-refractivity contribution in [3.8, 4) is 5.69 Å². The van der Waals surface area contributed by atoms with Crippen LogP contribution in [0.15, 0.2) is 55.0 Å². The monoisotopic (exact) mass is 397 g/mol. The third-order valence-electron chi connectivity index (χ3n) is 4.55. The normalized spacial score (nSPS) is 14.1. The van der Waals surface area contributed by atoms with Gasteiger partial charge in [0.15, 0.2) is 0 Å². The first-order valence-corrected chi connectivity index (χ1v) is 9.44. The van der Waals surface area contributed by atoms with Gasteiger partial charge in [-0.2, -0.15) is 5.10 Å². The molecule has 1 amide bonds. The van der Waals surface area contributed by atoms with E-state index < -0.39 is 0 Å². The van der Waals surface area contributed by atoms with Crippen LogP contribution >= 0.6 is 11.6 Å². The third kappa shape index (κ3) is 4.16. The van der Waals surface area contributed by atoms with Crippen molar-refractivity contribution in [2.75, 3.05) is 31.2 Å². The minimum Gasteiger partial charge on any atom is -0.378 e. The number of benzene rings is 1. The summed E-state index contributed by atoms with van der Waals surface area (Å²) in [4.78, 5) is 19.2. The molecule has 1 N–H and O–H groups in total. The number of morpholine rings is 1. The van der Waals surface area contributed by atoms with Gasteiger partial charge in [-0.25, -0.2) is 9.67 Å². The van der Waals surface area contributed by atoms with Crippen LogP contribution in [-0.2, 0) is 11.3 Å². The van der Waals surface area contributed by atoms with Gasteiger partial charge in [0.2, 0.25) is 0 Å². The average Bonchev–Trinajstić information content (AvgIpc) is 3.24. The molecule has 0 spiro atoms. The third-order valence-corrected chi connectivity index (χ3v) is 4.81. The van der Waals surface area contributed by atoms with Gasteiger partial charge in [-0.15, -0.1) is 0 Å². The summed E-state index contributed by atoms with van der Waals surface area (Å²) in [6, 6.07) is 11.1. The molecule has 1 aromatic carbocycles. The molecule has 3 aromatic rings. The van der Waals surface area contributed by atoms with E-state index in [4.69, 9.17) is 16.3 Å². The van der Waals surface area contributed by atoms with Crippen LogP contribution in [0.4, 0.5) is 5.82 Å². The van der Waals surface area contributed by atoms with E-state index in [0.717, 1.165) is 30.2 Å². The Morgan fingerprint density at radius 2 is 1.96 bits per heavy atom. The fourth-order valence-corrected chi connectivity index (χ4v) is 3.21. The summed E-state index contributed by atoms with van der Waals surface area (Å²) in [5.74, 6) is 0.708. The van der Waals surface area contributed by atoms with E-state index in [0.29, 0.717) is 30.3 Å². The number of nitrogens with zero attached hydrogens (tertiary/aromatic N) is 4. The maximum Gasteiger partial charge on any atom is 0.254 e. The van der Waals surface area contributed by atoms with Crippen molar-refractivity contribution >= 4 is 23.3 Å². The molecule has 0 saturated carbocycles. The van der Waals surface area contributed by atoms with Crippen molar-refractivity contribution in [3.63, 3.8) is 0 Å². The number of carbonyl (C=O) groups is 1. The lowest BCUT2D eigenvalue weighted by molar-refractivity contribution is 0.0950. The lowest BCUT2D eigenvalue weighted by Gasteiger charge is -2.29. The minimum atomic E-state index is -0.183. The standard InChI is InChI=1S/C20H20ClN5O2/c21-17-3-5-18(6-4-17)26-14-16(13-24-26)20(27)23-12-15-2-1-7-22-19(15)25-8-10-28-11-9-25/h1-7,13-14H,8-12H2,(H,23,27). The van der Waals surface area contributed by atoms with Crippen molar-refractivity contribution < 1.29 is 9.53 Å². The molecule has 28 heavy (non-hydrogen) atoms. The minimum absolute atomic E-state index is 0.183. The molecule has 0 atom stereocenters. The fourth-order valence-electron chi connectivity index (χ4n) is 3.08. The number of pyridine rings is 1. The zero-order valence-corrected chi connectivity index (χ0v) is 16.0. The summed E-state index contributed by atoms with van der Waals surface area (Å²) in [7, 11) is 0. The first-order valence-electron chi connectivity index (χ1n) is 9.06. The van der Waals surface area contributed by atoms with Gasteiger partial charge >= 0.3 is 0 Å². The Labute approximate surface area is 167 Å². The van der Waals surface area contributed by atoms with Crippen LogP contribution in [0.5, 0.6) is 0 Å². The molecule has 1 fully saturated rings. The van der Waals surface area contributed by atoms with E-state index in [2.05, 4.69) is 20.3 Å². The van der Waals surface area contributed by atoms with Gasteiger partial charge < -0.3 is 15.0 Å². The van der Waals surface area contributed by atoms with E-state index in [-0.39, 0.29) is 5.91 Å². The Kier molecular flexibility index (Phi) is 5.55. The number of amides is 1. The number of rotatable bonds is 5. The fraction of sp³-hybridized carbons (Fsp3) is 0.250. The van der Waals surface area contributed by atoms with Gasteiger partial charge in [0, 0.05) is 42.6 Å². The summed E-state index contributed by atoms with van der Waals surface area (Å²) in [6.45, 7) is 3.36. The topological polar surface area (TPSA) is 72.3 Å². The second kappa shape index (κ2) is 8.41. The number of anilines is 1. The van der Waals surface area contributed by atoms with Gasteiger partial charge in [0.25, 0.3) is 5.91 Å². The van der Waals surface area contributed by atoms with Crippen molar-refractivity contribution in [2.24, 2.45) is 0 Å². The largest absolute Gasteiger partial charge is 0.378 e. The van der Waals surface area contributed by atoms with Crippen molar-refractivity contribution in [3.05, 3.63) is 71.1 Å². The number of ether oxygens (including phenoxy) is 1. The van der Waals surface area contributed by atoms with Gasteiger partial charge in [0.05, 0.1) is 30.7 Å². The number of hydrogen-bond donors (Lipinski definition) is 1. The molecule has 0 unspecified atom stereocenters. The Hall–Kier alpha value is -2.90. The predicted molar refractivity (Wildman–Crippen MR) is 107 cm³/mol. The Balaban J connectivity index is 1.43. The maximum atomic E-state index is 12.6. The van der Waals surface area contributed by atoms with Crippen molar-refractivity contribution in [2.45, 2.75) is 6.54 Å². The van der Waals surface area contributed by atoms with Crippen LogP contribution in [0.2, 0.25) is 5.02 Å². The predicted octanol–water partition coefficient (Wildman–Crippen LogP) is 2.69. The van der Waals surface area contributed by atoms with E-state index in [1.807, 2.05) is 24.3 Å². The molecular formula is C20H20ClN5O2. The molecule has 1 aliphatic heterocycles. The summed E-state index contributed by atoms with van der Waals surface area (Å²) in [5.41, 5.74) is 2.31. The van der Waals surface area contributed by atoms with Crippen LogP contribution in [0.1, 0.15) is 15.9 Å². The highest BCUT2D eigenvalue weighted by molar-refractivity contribution is 6.30. The molecule has 1 saturated heterocycles. The second-order valence-corrected chi connectivity index (χ2v) is 6.85. The average molecular weight is 398 g/mol. The van der Waals surface area contributed by atoms with Crippen LogP contribution in [0.3, 0.4) is 0 Å². The maximum absolute atomic E-state index is 12.6. The summed E-state index contributed by atoms with van der Waals surface area (Å²) in [6.07, 6.45) is 5.02. The Morgan fingerprint density at radius 3 is 2.75 bits per heavy atom. The van der Waals surface area contributed by atoms with Crippen molar-refractivity contribution in [1.29, 1.82) is 0 Å². The van der Waals surface area contributed by atoms with Gasteiger partial charge in [0.1, 0.15) is 5.82 Å². The first kappa shape index (κ1) is 18.5. The summed E-state index contributed by atoms with van der Waals surface area (Å²) < 4.78 is 7.05. The molecule has 144 valence electrons. The van der Waals surface area contributed by atoms with Crippen LogP contribution in [0, 0.1) is 0 Å². The SMILES string of the molecule is O=C(NCc1cccnc1N1CCOCC1)c1cnn(-c2ccc(Cl)cc2)c1. The lowest BCUT2D eigenvalue weighted by Crippen LogP contribution is -2.37. The van der Waals surface area contributed by atoms with Gasteiger partial charge in [-0.05, 0) is 30.3 Å². The van der Waals surface area contributed by atoms with Gasteiger partial charge in [-0.3, -0.25) is 4.79 Å². The molecule has 7 nitrogen and oxygen atoms in total. The number of nitrogens with one attached hydrogen (secondary N) is 1. The molecule has 2 aromatic heterocycles. The smallest absolute Gasteiger partial charge is 0.254 e. The molecule has 0 bridgehead atoms. The highest BCUT2D eigenvalue weighted by Crippen LogP contribution is 2.18. The lowest BCUT2D eigenvalue weighted by atomic mass is 10.2. The number of halogens is 1. The van der Waals surface area contributed by atoms with Crippen LogP contribution < -0.4 is 10.2 Å². The van der Waals surface area contributed by atoms with E-state index in [1.54, 1.807) is 35.4 Å². The first-order chi connectivity index (χ1) is 13.7. The van der Waals surface area contributed by atoms with Crippen molar-refractivity contribution in [1.82, 2.24) is 20.1 Å². The highest BCUT2D eigenvalue weighted by atomic mass is 35.5. The number of aromatic nitrogens is 3. The molecule has 8 heteroatoms. The zero-order valence-electron chi connectivity index (χ0n) is 15.2. The van der Waals surface area contributed by atoms with Gasteiger partial charge in [-0.1, -0.05) is 17.7 Å². The Bertz CT molecular complexity index is 951. The highest BCUT2D eigenvalue weighted by Gasteiger charge is 2.17. The van der Waals surface area contributed by atoms with E-state index in [1.165, 1.54) is 0 Å². The summed E-state index contributed by atoms with van der Waals surface area (Å²) in [5, 5.41) is 7.87. The molecular weight excluding hydrogens is 378 g/mol. The molecule has 0 radical (unpaired) electrons. The quantitative estimate of drug-likeness (QED) is 0.716. The number of carbonyl (C=O) groups excluding carboxylic acids is 1. The molecule has 1 aliphatic rings. The van der Waals surface area contributed by atoms with Crippen LogP contribution in [-0.4, -0.2) is 47.0 Å². The van der Waals surface area contributed by atoms with Crippen LogP contribution in [0.25, 0.3) is 5.69 Å². The number of hydrogen-bond acceptors (Lipinski definition) is 5. The Morgan fingerprint density at radius 1 is 1.18 bits per heavy atom. The molecule has 4 rings (SSSR count). The van der Waals surface area contributed by atoms with E-state index >= 15 is 0 Å². The summed E-state index contributed by atoms with van der Waals surface area (Å²) >= 11 is 5.91. The zero-order chi connectivity index (χ0) is 19.3. The second-order valence-electron chi connectivity index (χ2n) is 6.42. The molecule has 0 aliphatic carbocycles. The van der Waals surface area contributed by atoms with E-state index in [9.17, 15) is 4.79 Å². The molecule has 3 heterocycles.